The zero-order valence-electron chi connectivity index (χ0n) is 24.1. The van der Waals surface area contributed by atoms with Crippen LogP contribution in [0.15, 0.2) is 11.6 Å². The number of aliphatic carboxylic acids is 2. The van der Waals surface area contributed by atoms with E-state index in [0.717, 1.165) is 54.8 Å². The normalized spacial score (nSPS) is 38.8. The van der Waals surface area contributed by atoms with Gasteiger partial charge in [0.2, 0.25) is 0 Å². The van der Waals surface area contributed by atoms with E-state index in [1.54, 1.807) is 5.57 Å². The summed E-state index contributed by atoms with van der Waals surface area (Å²) in [5.74, 6) is 3.05. The van der Waals surface area contributed by atoms with E-state index in [1.165, 1.54) is 51.4 Å². The van der Waals surface area contributed by atoms with Crippen LogP contribution in [0.5, 0.6) is 0 Å². The summed E-state index contributed by atoms with van der Waals surface area (Å²) in [6.45, 7) is 12.4. The van der Waals surface area contributed by atoms with Crippen LogP contribution >= 0.6 is 0 Å². The summed E-state index contributed by atoms with van der Waals surface area (Å²) < 4.78 is 0. The van der Waals surface area contributed by atoms with Gasteiger partial charge in [-0.2, -0.15) is 0 Å². The van der Waals surface area contributed by atoms with Gasteiger partial charge in [0, 0.05) is 12.5 Å². The molecule has 0 aromatic rings. The van der Waals surface area contributed by atoms with Crippen molar-refractivity contribution in [2.24, 2.45) is 46.3 Å². The lowest BCUT2D eigenvalue weighted by Gasteiger charge is -2.58. The van der Waals surface area contributed by atoms with Crippen molar-refractivity contribution in [3.05, 3.63) is 11.6 Å². The fourth-order valence-corrected chi connectivity index (χ4v) is 9.66. The third kappa shape index (κ3) is 5.82. The number of carboxylic acid groups (broad SMARTS) is 2. The van der Waals surface area contributed by atoms with Gasteiger partial charge in [0.25, 0.3) is 0 Å². The first kappa shape index (κ1) is 28.6. The number of rotatable bonds is 11. The largest absolute Gasteiger partial charge is 0.481 e. The molecule has 5 nitrogen and oxygen atoms in total. The van der Waals surface area contributed by atoms with E-state index in [1.807, 2.05) is 0 Å². The van der Waals surface area contributed by atoms with Crippen LogP contribution < -0.4 is 5.32 Å². The molecule has 0 aliphatic heterocycles. The molecular weight excluding hydrogens is 462 g/mol. The Morgan fingerprint density at radius 2 is 1.76 bits per heavy atom. The van der Waals surface area contributed by atoms with Gasteiger partial charge in [-0.15, -0.1) is 0 Å². The number of carboxylic acids is 2. The Labute approximate surface area is 225 Å². The van der Waals surface area contributed by atoms with Crippen LogP contribution in [0.25, 0.3) is 0 Å². The molecule has 210 valence electrons. The van der Waals surface area contributed by atoms with Crippen LogP contribution in [0, 0.1) is 46.3 Å². The maximum absolute atomic E-state index is 11.7. The molecule has 4 aliphatic rings. The van der Waals surface area contributed by atoms with Crippen LogP contribution in [0.1, 0.15) is 118 Å². The third-order valence-corrected chi connectivity index (χ3v) is 11.7. The molecular formula is C32H53NO4. The van der Waals surface area contributed by atoms with Gasteiger partial charge >= 0.3 is 11.9 Å². The highest BCUT2D eigenvalue weighted by Gasteiger charge is 2.59. The lowest BCUT2D eigenvalue weighted by atomic mass is 9.47. The molecule has 3 fully saturated rings. The van der Waals surface area contributed by atoms with Crippen molar-refractivity contribution in [3.8, 4) is 0 Å². The average molecular weight is 516 g/mol. The highest BCUT2D eigenvalue weighted by Crippen LogP contribution is 2.67. The van der Waals surface area contributed by atoms with Gasteiger partial charge < -0.3 is 15.5 Å². The van der Waals surface area contributed by atoms with Crippen LogP contribution in [-0.4, -0.2) is 34.2 Å². The summed E-state index contributed by atoms with van der Waals surface area (Å²) in [5.41, 5.74) is 2.28. The van der Waals surface area contributed by atoms with Crippen molar-refractivity contribution < 1.29 is 19.8 Å². The first-order valence-corrected chi connectivity index (χ1v) is 15.4. The lowest BCUT2D eigenvalue weighted by molar-refractivity contribution is -0.141. The first-order valence-electron chi connectivity index (χ1n) is 15.4. The monoisotopic (exact) mass is 515 g/mol. The van der Waals surface area contributed by atoms with Crippen molar-refractivity contribution in [1.82, 2.24) is 5.32 Å². The minimum atomic E-state index is -0.937. The van der Waals surface area contributed by atoms with E-state index < -0.39 is 18.0 Å². The Morgan fingerprint density at radius 1 is 1.00 bits per heavy atom. The summed E-state index contributed by atoms with van der Waals surface area (Å²) in [6, 6.07) is -0.655. The Kier molecular flexibility index (Phi) is 8.83. The van der Waals surface area contributed by atoms with E-state index in [2.05, 4.69) is 46.0 Å². The number of fused-ring (bicyclic) bond motifs is 5. The molecule has 5 heteroatoms. The van der Waals surface area contributed by atoms with Crippen LogP contribution in [0.2, 0.25) is 0 Å². The molecule has 4 aliphatic carbocycles. The molecule has 0 bridgehead atoms. The predicted octanol–water partition coefficient (Wildman–Crippen LogP) is 7.30. The Balaban J connectivity index is 1.42. The molecule has 0 aromatic heterocycles. The summed E-state index contributed by atoms with van der Waals surface area (Å²) in [4.78, 5) is 22.7. The number of nitrogens with one attached hydrogen (secondary N) is 1. The highest BCUT2D eigenvalue weighted by atomic mass is 16.4. The molecule has 0 amide bonds. The maximum atomic E-state index is 11.7. The van der Waals surface area contributed by atoms with E-state index in [-0.39, 0.29) is 24.3 Å². The van der Waals surface area contributed by atoms with Crippen LogP contribution in [-0.2, 0) is 9.59 Å². The molecule has 3 saturated carbocycles. The second kappa shape index (κ2) is 11.4. The number of hydrogen-bond acceptors (Lipinski definition) is 3. The minimum Gasteiger partial charge on any atom is -0.481 e. The van der Waals surface area contributed by atoms with Gasteiger partial charge in [-0.1, -0.05) is 65.5 Å². The minimum absolute atomic E-state index is 0.113. The smallest absolute Gasteiger partial charge is 0.320 e. The highest BCUT2D eigenvalue weighted by molar-refractivity contribution is 5.75. The zero-order valence-corrected chi connectivity index (χ0v) is 24.1. The Hall–Kier alpha value is -1.36. The second-order valence-electron chi connectivity index (χ2n) is 14.2. The number of hydrogen-bond donors (Lipinski definition) is 3. The van der Waals surface area contributed by atoms with Crippen molar-refractivity contribution >= 4 is 11.9 Å². The summed E-state index contributed by atoms with van der Waals surface area (Å²) in [5, 5.41) is 21.9. The van der Waals surface area contributed by atoms with Crippen molar-refractivity contribution in [1.29, 1.82) is 0 Å². The van der Waals surface area contributed by atoms with Gasteiger partial charge in [0.1, 0.15) is 6.04 Å². The average Bonchev–Trinajstić information content (AvgIpc) is 3.18. The summed E-state index contributed by atoms with van der Waals surface area (Å²) in [7, 11) is 0. The third-order valence-electron chi connectivity index (χ3n) is 11.7. The SMILES string of the molecule is CC(C)CCC[C@@H](C)[C@H]1CCC2C3CC=C4CC(N[C@@H](CCC(=O)O)C(=O)O)CC[C@]4(C)C3CC[C@@]21C. The zero-order chi connectivity index (χ0) is 27.0. The number of carbonyl (C=O) groups is 2. The van der Waals surface area contributed by atoms with Gasteiger partial charge in [-0.25, -0.2) is 0 Å². The van der Waals surface area contributed by atoms with Gasteiger partial charge in [-0.05, 0) is 104 Å². The summed E-state index contributed by atoms with van der Waals surface area (Å²) in [6.07, 6.45) is 16.4. The van der Waals surface area contributed by atoms with E-state index in [0.29, 0.717) is 5.41 Å². The van der Waals surface area contributed by atoms with Crippen LogP contribution in [0.4, 0.5) is 0 Å². The molecule has 4 unspecified atom stereocenters. The molecule has 9 atom stereocenters. The molecule has 3 N–H and O–H groups in total. The van der Waals surface area contributed by atoms with Crippen molar-refractivity contribution in [2.45, 2.75) is 130 Å². The van der Waals surface area contributed by atoms with E-state index in [4.69, 9.17) is 5.11 Å². The standard InChI is InChI=1S/C32H53NO4/c1-20(2)7-6-8-21(3)25-11-12-26-24-10-9-22-19-23(33-28(30(36)37)13-14-29(34)35)15-17-31(22,4)27(24)16-18-32(25,26)5/h9,20-21,23-28,33H,6-8,10-19H2,1-5H3,(H,34,35)(H,36,37)/t21-,23?,24?,25-,26?,27?,28+,31+,32-/m1/s1. The quantitative estimate of drug-likeness (QED) is 0.251. The first-order chi connectivity index (χ1) is 17.5. The maximum Gasteiger partial charge on any atom is 0.320 e. The molecule has 0 heterocycles. The Bertz CT molecular complexity index is 867. The van der Waals surface area contributed by atoms with Crippen molar-refractivity contribution in [2.75, 3.05) is 0 Å². The lowest BCUT2D eigenvalue weighted by Crippen LogP contribution is -2.53. The molecule has 4 rings (SSSR count). The predicted molar refractivity (Wildman–Crippen MR) is 148 cm³/mol. The fraction of sp³-hybridized carbons (Fsp3) is 0.875. The van der Waals surface area contributed by atoms with Gasteiger partial charge in [-0.3, -0.25) is 9.59 Å². The second-order valence-corrected chi connectivity index (χ2v) is 14.2. The van der Waals surface area contributed by atoms with Crippen LogP contribution in [0.3, 0.4) is 0 Å². The van der Waals surface area contributed by atoms with E-state index >= 15 is 0 Å². The summed E-state index contributed by atoms with van der Waals surface area (Å²) >= 11 is 0. The topological polar surface area (TPSA) is 86.6 Å². The molecule has 37 heavy (non-hydrogen) atoms. The van der Waals surface area contributed by atoms with E-state index in [9.17, 15) is 14.7 Å². The van der Waals surface area contributed by atoms with Crippen molar-refractivity contribution in [3.63, 3.8) is 0 Å². The molecule has 0 radical (unpaired) electrons. The molecule has 0 aromatic carbocycles. The van der Waals surface area contributed by atoms with Gasteiger partial charge in [0.05, 0.1) is 0 Å². The number of allylic oxidation sites excluding steroid dienone is 1. The fourth-order valence-electron chi connectivity index (χ4n) is 9.66. The molecule has 0 saturated heterocycles. The molecule has 0 spiro atoms. The van der Waals surface area contributed by atoms with Gasteiger partial charge in [0.15, 0.2) is 0 Å². The Morgan fingerprint density at radius 3 is 2.43 bits per heavy atom.